The quantitative estimate of drug-likeness (QED) is 0.159. The Morgan fingerprint density at radius 2 is 1.80 bits per heavy atom. The van der Waals surface area contributed by atoms with E-state index in [-0.39, 0.29) is 24.7 Å². The van der Waals surface area contributed by atoms with Gasteiger partial charge in [0.2, 0.25) is 17.7 Å². The summed E-state index contributed by atoms with van der Waals surface area (Å²) in [5.41, 5.74) is 0.890. The number of H-pyrrole nitrogens is 1. The third-order valence-corrected chi connectivity index (χ3v) is 8.90. The topological polar surface area (TPSA) is 148 Å². The third-order valence-electron chi connectivity index (χ3n) is 8.90. The summed E-state index contributed by atoms with van der Waals surface area (Å²) in [7, 11) is 1.70. The van der Waals surface area contributed by atoms with E-state index in [0.717, 1.165) is 37.1 Å². The fourth-order valence-corrected chi connectivity index (χ4v) is 6.21. The summed E-state index contributed by atoms with van der Waals surface area (Å²) in [6.45, 7) is 4.37. The molecule has 10 heteroatoms. The number of aromatic amines is 1. The predicted octanol–water partition coefficient (Wildman–Crippen LogP) is 3.39. The Kier molecular flexibility index (Phi) is 15.3. The number of nitrogens with one attached hydrogen (secondary N) is 3. The molecule has 1 fully saturated rings. The Morgan fingerprint density at radius 1 is 1.09 bits per heavy atom. The second kappa shape index (κ2) is 19.1. The largest absolute Gasteiger partial charge is 0.390 e. The van der Waals surface area contributed by atoms with E-state index in [1.54, 1.807) is 24.3 Å². The van der Waals surface area contributed by atoms with Crippen LogP contribution in [0.2, 0.25) is 0 Å². The lowest BCUT2D eigenvalue weighted by molar-refractivity contribution is -0.136. The lowest BCUT2D eigenvalue weighted by Gasteiger charge is -2.33. The van der Waals surface area contributed by atoms with Crippen molar-refractivity contribution >= 4 is 17.7 Å². The first kappa shape index (κ1) is 36.8. The molecule has 10 nitrogen and oxygen atoms in total. The van der Waals surface area contributed by atoms with Crippen molar-refractivity contribution < 1.29 is 24.6 Å². The molecule has 1 saturated carbocycles. The van der Waals surface area contributed by atoms with Crippen LogP contribution >= 0.6 is 0 Å². The number of likely N-dealkylation sites (N-methyl/N-ethyl adjacent to an activating group) is 1. The van der Waals surface area contributed by atoms with Gasteiger partial charge in [-0.2, -0.15) is 0 Å². The van der Waals surface area contributed by atoms with Crippen molar-refractivity contribution in [1.82, 2.24) is 25.5 Å². The number of hydrogen-bond acceptors (Lipinski definition) is 6. The molecule has 46 heavy (non-hydrogen) atoms. The van der Waals surface area contributed by atoms with E-state index < -0.39 is 42.0 Å². The van der Waals surface area contributed by atoms with Crippen LogP contribution in [0.3, 0.4) is 0 Å². The molecule has 3 rings (SSSR count). The van der Waals surface area contributed by atoms with E-state index in [0.29, 0.717) is 38.1 Å². The van der Waals surface area contributed by atoms with Crippen LogP contribution in [-0.4, -0.2) is 80.7 Å². The summed E-state index contributed by atoms with van der Waals surface area (Å²) in [6.07, 6.45) is 13.9. The predicted molar refractivity (Wildman–Crippen MR) is 178 cm³/mol. The van der Waals surface area contributed by atoms with E-state index in [9.17, 15) is 24.6 Å². The molecule has 0 aliphatic heterocycles. The van der Waals surface area contributed by atoms with Gasteiger partial charge >= 0.3 is 0 Å². The summed E-state index contributed by atoms with van der Waals surface area (Å²) in [5, 5.41) is 27.7. The zero-order valence-electron chi connectivity index (χ0n) is 27.7. The summed E-state index contributed by atoms with van der Waals surface area (Å²) in [5.74, 6) is 1.85. The zero-order chi connectivity index (χ0) is 33.5. The number of imidazole rings is 1. The van der Waals surface area contributed by atoms with Crippen LogP contribution in [0.5, 0.6) is 0 Å². The highest BCUT2D eigenvalue weighted by molar-refractivity contribution is 5.91. The summed E-state index contributed by atoms with van der Waals surface area (Å²) in [4.78, 5) is 49.5. The molecule has 2 unspecified atom stereocenters. The van der Waals surface area contributed by atoms with Crippen molar-refractivity contribution in [3.8, 4) is 12.3 Å². The number of terminal acetylenes is 1. The molecule has 1 heterocycles. The number of aliphatic hydroxyl groups excluding tert-OH is 2. The maximum Gasteiger partial charge on any atom is 0.243 e. The lowest BCUT2D eigenvalue weighted by atomic mass is 9.82. The minimum absolute atomic E-state index is 0.0514. The molecule has 1 aliphatic rings. The first-order valence-electron chi connectivity index (χ1n) is 16.7. The van der Waals surface area contributed by atoms with E-state index >= 15 is 0 Å². The minimum atomic E-state index is -1.16. The molecule has 0 saturated heterocycles. The summed E-state index contributed by atoms with van der Waals surface area (Å²) >= 11 is 0. The Bertz CT molecular complexity index is 1240. The number of aliphatic hydroxyl groups is 2. The van der Waals surface area contributed by atoms with Gasteiger partial charge in [0.15, 0.2) is 0 Å². The standard InChI is InChI=1S/C36H53N5O5/c1-5-12-29(36(46)40-30(23-27-15-10-7-11-16-27)34(44)31(42)21-25(2)3)39-35(45)28(22-26-13-8-6-9-14-26)24-33(43)41(4)20-17-32-37-18-19-38-32/h1,6,8-9,13-14,18-19,25,27-31,34,42,44H,7,10-12,15-17,20-24H2,2-4H3,(H,37,38)(H,39,45)(H,40,46)/t28-,29?,30+,31+,34?/m1/s1. The molecule has 3 amide bonds. The van der Waals surface area contributed by atoms with E-state index in [1.165, 1.54) is 6.42 Å². The van der Waals surface area contributed by atoms with E-state index in [1.807, 2.05) is 44.2 Å². The average Bonchev–Trinajstić information content (AvgIpc) is 3.57. The Labute approximate surface area is 274 Å². The van der Waals surface area contributed by atoms with E-state index in [2.05, 4.69) is 26.5 Å². The van der Waals surface area contributed by atoms with Gasteiger partial charge in [0.1, 0.15) is 18.0 Å². The van der Waals surface area contributed by atoms with Crippen molar-refractivity contribution in [1.29, 1.82) is 0 Å². The molecule has 0 spiro atoms. The van der Waals surface area contributed by atoms with Gasteiger partial charge in [-0.3, -0.25) is 14.4 Å². The number of aromatic nitrogens is 2. The molecule has 5 atom stereocenters. The number of carbonyl (C=O) groups is 3. The number of amides is 3. The van der Waals surface area contributed by atoms with Crippen LogP contribution in [0.25, 0.3) is 0 Å². The number of carbonyl (C=O) groups excluding carboxylic acids is 3. The SMILES string of the molecule is C#CCC(NC(=O)[C@@H](CC(=O)N(C)CCc1ncc[nH]1)Cc1ccccc1)C(=O)N[C@@H](CC1CCCCC1)C(O)[C@@H](O)CC(C)C. The van der Waals surface area contributed by atoms with Gasteiger partial charge in [-0.25, -0.2) is 4.98 Å². The lowest BCUT2D eigenvalue weighted by Crippen LogP contribution is -2.56. The van der Waals surface area contributed by atoms with Crippen LogP contribution in [0, 0.1) is 30.1 Å². The fourth-order valence-electron chi connectivity index (χ4n) is 6.21. The highest BCUT2D eigenvalue weighted by Gasteiger charge is 2.34. The summed E-state index contributed by atoms with van der Waals surface area (Å²) < 4.78 is 0. The first-order valence-corrected chi connectivity index (χ1v) is 16.7. The number of benzene rings is 1. The fraction of sp³-hybridized carbons (Fsp3) is 0.611. The van der Waals surface area contributed by atoms with Gasteiger partial charge in [-0.1, -0.05) is 76.3 Å². The monoisotopic (exact) mass is 635 g/mol. The van der Waals surface area contributed by atoms with Crippen LogP contribution in [0.1, 0.15) is 83.0 Å². The normalized spacial score (nSPS) is 16.9. The molecule has 1 aliphatic carbocycles. The molecule has 0 bridgehead atoms. The van der Waals surface area contributed by atoms with Crippen molar-refractivity contribution in [2.75, 3.05) is 13.6 Å². The van der Waals surface area contributed by atoms with Gasteiger partial charge < -0.3 is 30.7 Å². The Balaban J connectivity index is 1.73. The minimum Gasteiger partial charge on any atom is -0.390 e. The smallest absolute Gasteiger partial charge is 0.243 e. The van der Waals surface area contributed by atoms with Crippen LogP contribution < -0.4 is 10.6 Å². The maximum atomic E-state index is 13.8. The second-order valence-electron chi connectivity index (χ2n) is 13.2. The van der Waals surface area contributed by atoms with Crippen molar-refractivity contribution in [3.63, 3.8) is 0 Å². The Hall–Kier alpha value is -3.68. The van der Waals surface area contributed by atoms with Gasteiger partial charge in [-0.05, 0) is 36.7 Å². The molecule has 252 valence electrons. The highest BCUT2D eigenvalue weighted by Crippen LogP contribution is 2.29. The third kappa shape index (κ3) is 12.3. The van der Waals surface area contributed by atoms with Crippen molar-refractivity contribution in [2.24, 2.45) is 17.8 Å². The molecule has 1 aromatic heterocycles. The molecule has 0 radical (unpaired) electrons. The summed E-state index contributed by atoms with van der Waals surface area (Å²) in [6, 6.07) is 7.68. The molecular weight excluding hydrogens is 582 g/mol. The zero-order valence-corrected chi connectivity index (χ0v) is 27.7. The number of rotatable bonds is 18. The molecule has 2 aromatic rings. The molecule has 1 aromatic carbocycles. The average molecular weight is 636 g/mol. The molecular formula is C36H53N5O5. The van der Waals surface area contributed by atoms with Gasteiger partial charge in [0.25, 0.3) is 0 Å². The van der Waals surface area contributed by atoms with E-state index in [4.69, 9.17) is 6.42 Å². The van der Waals surface area contributed by atoms with Gasteiger partial charge in [0.05, 0.1) is 18.1 Å². The highest BCUT2D eigenvalue weighted by atomic mass is 16.3. The first-order chi connectivity index (χ1) is 22.1. The van der Waals surface area contributed by atoms with Crippen molar-refractivity contribution in [3.05, 3.63) is 54.1 Å². The van der Waals surface area contributed by atoms with Gasteiger partial charge in [-0.15, -0.1) is 12.3 Å². The Morgan fingerprint density at radius 3 is 2.43 bits per heavy atom. The van der Waals surface area contributed by atoms with Crippen LogP contribution in [-0.2, 0) is 27.2 Å². The van der Waals surface area contributed by atoms with Gasteiger partial charge in [0, 0.05) is 45.2 Å². The van der Waals surface area contributed by atoms with Crippen molar-refractivity contribution in [2.45, 2.75) is 109 Å². The van der Waals surface area contributed by atoms with Crippen LogP contribution in [0.15, 0.2) is 42.7 Å². The maximum absolute atomic E-state index is 13.8. The molecule has 5 N–H and O–H groups in total. The number of nitrogens with zero attached hydrogens (tertiary/aromatic N) is 2. The second-order valence-corrected chi connectivity index (χ2v) is 13.2. The van der Waals surface area contributed by atoms with Crippen LogP contribution in [0.4, 0.5) is 0 Å². The number of hydrogen-bond donors (Lipinski definition) is 5.